The Morgan fingerprint density at radius 2 is 2.27 bits per heavy atom. The van der Waals surface area contributed by atoms with Gasteiger partial charge in [0.15, 0.2) is 11.5 Å². The second-order valence-electron chi connectivity index (χ2n) is 4.54. The normalized spacial score (nSPS) is 16.5. The number of fused-ring (bicyclic) bond motifs is 1. The van der Waals surface area contributed by atoms with Crippen LogP contribution in [0.2, 0.25) is 0 Å². The molecule has 1 aromatic heterocycles. The average Bonchev–Trinajstić information content (AvgIpc) is 2.97. The van der Waals surface area contributed by atoms with E-state index in [0.29, 0.717) is 16.0 Å². The molecule has 2 heterocycles. The number of nitrogens with zero attached hydrogens (tertiary/aromatic N) is 3. The van der Waals surface area contributed by atoms with Crippen molar-refractivity contribution in [2.45, 2.75) is 6.04 Å². The van der Waals surface area contributed by atoms with Gasteiger partial charge in [-0.1, -0.05) is 0 Å². The Morgan fingerprint density at radius 1 is 1.50 bits per heavy atom. The molecule has 1 atom stereocenters. The number of aliphatic carboxylic acids is 1. The fourth-order valence-electron chi connectivity index (χ4n) is 2.22. The highest BCUT2D eigenvalue weighted by atomic mass is 79.9. The minimum Gasteiger partial charge on any atom is -0.503 e. The van der Waals surface area contributed by atoms with Gasteiger partial charge in [0.2, 0.25) is 5.95 Å². The second kappa shape index (κ2) is 5.34. The zero-order chi connectivity index (χ0) is 15.9. The molecule has 0 saturated carbocycles. The van der Waals surface area contributed by atoms with Gasteiger partial charge < -0.3 is 20.3 Å². The Hall–Kier alpha value is -2.55. The molecule has 0 saturated heterocycles. The summed E-state index contributed by atoms with van der Waals surface area (Å²) >= 11 is 3.25. The minimum atomic E-state index is -1.09. The van der Waals surface area contributed by atoms with Crippen molar-refractivity contribution in [3.63, 3.8) is 0 Å². The first-order valence-electron chi connectivity index (χ1n) is 6.19. The molecule has 9 heteroatoms. The van der Waals surface area contributed by atoms with Gasteiger partial charge >= 0.3 is 5.97 Å². The number of aromatic hydroxyl groups is 1. The number of phenolic OH excluding ortho intramolecular Hbond substituents is 1. The molecule has 1 aromatic carbocycles. The highest BCUT2D eigenvalue weighted by Crippen LogP contribution is 2.39. The van der Waals surface area contributed by atoms with E-state index in [0.717, 1.165) is 0 Å². The summed E-state index contributed by atoms with van der Waals surface area (Å²) in [6.45, 7) is 0. The van der Waals surface area contributed by atoms with Gasteiger partial charge in [-0.05, 0) is 39.7 Å². The van der Waals surface area contributed by atoms with Gasteiger partial charge in [0.25, 0.3) is 0 Å². The molecule has 0 unspecified atom stereocenters. The number of allylic oxidation sites excluding steroid dienone is 1. The van der Waals surface area contributed by atoms with E-state index in [1.165, 1.54) is 19.5 Å². The summed E-state index contributed by atoms with van der Waals surface area (Å²) < 4.78 is 7.11. The number of nitrogens with one attached hydrogen (secondary N) is 1. The minimum absolute atomic E-state index is 0.00802. The van der Waals surface area contributed by atoms with Gasteiger partial charge in [-0.2, -0.15) is 10.1 Å². The Balaban J connectivity index is 2.15. The van der Waals surface area contributed by atoms with Crippen LogP contribution in [0.3, 0.4) is 0 Å². The van der Waals surface area contributed by atoms with Gasteiger partial charge in [-0.15, -0.1) is 0 Å². The topological polar surface area (TPSA) is 110 Å². The van der Waals surface area contributed by atoms with Gasteiger partial charge in [0.1, 0.15) is 18.1 Å². The first-order chi connectivity index (χ1) is 10.5. The molecule has 8 nitrogen and oxygen atoms in total. The zero-order valence-electron chi connectivity index (χ0n) is 11.3. The van der Waals surface area contributed by atoms with Gasteiger partial charge in [0, 0.05) is 0 Å². The van der Waals surface area contributed by atoms with E-state index < -0.39 is 12.0 Å². The van der Waals surface area contributed by atoms with Crippen molar-refractivity contribution >= 4 is 27.8 Å². The number of hydrogen-bond donors (Lipinski definition) is 3. The summed E-state index contributed by atoms with van der Waals surface area (Å²) in [5, 5.41) is 25.9. The standard InChI is InChI=1S/C13H11BrN4O4/c1-22-10-3-6(2-7(14)11(10)19)9-4-8(12(20)21)17-13-15-5-16-18(9)13/h2-5,9,19H,1H3,(H,20,21)(H,15,16,17)/t9-/m1/s1. The summed E-state index contributed by atoms with van der Waals surface area (Å²) in [6.07, 6.45) is 2.85. The molecule has 114 valence electrons. The van der Waals surface area contributed by atoms with Crippen molar-refractivity contribution in [3.8, 4) is 11.5 Å². The molecular formula is C13H11BrN4O4. The number of ether oxygens (including phenoxy) is 1. The van der Waals surface area contributed by atoms with Crippen molar-refractivity contribution in [1.29, 1.82) is 0 Å². The van der Waals surface area contributed by atoms with Crippen LogP contribution in [0.5, 0.6) is 11.5 Å². The van der Waals surface area contributed by atoms with Crippen molar-refractivity contribution in [3.05, 3.63) is 40.3 Å². The summed E-state index contributed by atoms with van der Waals surface area (Å²) in [5.74, 6) is -0.520. The van der Waals surface area contributed by atoms with Crippen LogP contribution >= 0.6 is 15.9 Å². The van der Waals surface area contributed by atoms with Crippen LogP contribution in [0.15, 0.2) is 34.7 Å². The summed E-state index contributed by atoms with van der Waals surface area (Å²) in [7, 11) is 1.44. The van der Waals surface area contributed by atoms with Crippen LogP contribution in [-0.2, 0) is 4.79 Å². The van der Waals surface area contributed by atoms with Gasteiger partial charge in [-0.25, -0.2) is 9.48 Å². The maximum Gasteiger partial charge on any atom is 0.352 e. The molecule has 0 spiro atoms. The van der Waals surface area contributed by atoms with E-state index in [9.17, 15) is 15.0 Å². The van der Waals surface area contributed by atoms with E-state index >= 15 is 0 Å². The summed E-state index contributed by atoms with van der Waals surface area (Å²) in [5.41, 5.74) is 0.696. The number of anilines is 1. The highest BCUT2D eigenvalue weighted by molar-refractivity contribution is 9.10. The van der Waals surface area contributed by atoms with Crippen LogP contribution in [0, 0.1) is 0 Å². The quantitative estimate of drug-likeness (QED) is 0.758. The molecule has 0 aliphatic carbocycles. The molecule has 22 heavy (non-hydrogen) atoms. The number of carboxylic acid groups (broad SMARTS) is 1. The van der Waals surface area contributed by atoms with Crippen molar-refractivity contribution < 1.29 is 19.7 Å². The molecular weight excluding hydrogens is 356 g/mol. The smallest absolute Gasteiger partial charge is 0.352 e. The van der Waals surface area contributed by atoms with E-state index in [1.54, 1.807) is 16.8 Å². The van der Waals surface area contributed by atoms with Crippen molar-refractivity contribution in [2.75, 3.05) is 12.4 Å². The lowest BCUT2D eigenvalue weighted by Crippen LogP contribution is -2.24. The third kappa shape index (κ3) is 2.29. The predicted octanol–water partition coefficient (Wildman–Crippen LogP) is 1.74. The molecule has 0 fully saturated rings. The monoisotopic (exact) mass is 366 g/mol. The van der Waals surface area contributed by atoms with Crippen LogP contribution in [0.25, 0.3) is 0 Å². The Labute approximate surface area is 133 Å². The number of carbonyl (C=O) groups is 1. The number of phenols is 1. The fraction of sp³-hybridized carbons (Fsp3) is 0.154. The SMILES string of the molecule is COc1cc([C@H]2C=C(C(=O)O)Nc3ncnn32)cc(Br)c1O. The molecule has 0 amide bonds. The largest absolute Gasteiger partial charge is 0.503 e. The van der Waals surface area contributed by atoms with Crippen LogP contribution in [0.1, 0.15) is 11.6 Å². The Kier molecular flexibility index (Phi) is 3.49. The number of halogens is 1. The molecule has 3 N–H and O–H groups in total. The summed E-state index contributed by atoms with van der Waals surface area (Å²) in [4.78, 5) is 15.2. The first kappa shape index (κ1) is 14.4. The number of hydrogen-bond acceptors (Lipinski definition) is 6. The van der Waals surface area contributed by atoms with Gasteiger partial charge in [0.05, 0.1) is 11.6 Å². The molecule has 3 rings (SSSR count). The molecule has 1 aliphatic heterocycles. The lowest BCUT2D eigenvalue weighted by molar-refractivity contribution is -0.132. The lowest BCUT2D eigenvalue weighted by atomic mass is 10.0. The lowest BCUT2D eigenvalue weighted by Gasteiger charge is -2.23. The molecule has 0 radical (unpaired) electrons. The third-order valence-corrected chi connectivity index (χ3v) is 3.85. The van der Waals surface area contributed by atoms with Crippen LogP contribution in [-0.4, -0.2) is 38.1 Å². The summed E-state index contributed by atoms with van der Waals surface area (Å²) in [6, 6.07) is 2.81. The van der Waals surface area contributed by atoms with Crippen molar-refractivity contribution in [2.24, 2.45) is 0 Å². The maximum absolute atomic E-state index is 11.2. The Morgan fingerprint density at radius 3 is 2.95 bits per heavy atom. The van der Waals surface area contributed by atoms with E-state index in [4.69, 9.17) is 4.74 Å². The number of rotatable bonds is 3. The third-order valence-electron chi connectivity index (χ3n) is 3.25. The fourth-order valence-corrected chi connectivity index (χ4v) is 2.68. The molecule has 1 aliphatic rings. The van der Waals surface area contributed by atoms with E-state index in [1.807, 2.05) is 0 Å². The van der Waals surface area contributed by atoms with Crippen molar-refractivity contribution in [1.82, 2.24) is 14.8 Å². The highest BCUT2D eigenvalue weighted by Gasteiger charge is 2.26. The second-order valence-corrected chi connectivity index (χ2v) is 5.39. The molecule has 0 bridgehead atoms. The van der Waals surface area contributed by atoms with Crippen LogP contribution < -0.4 is 10.1 Å². The van der Waals surface area contributed by atoms with E-state index in [2.05, 4.69) is 31.3 Å². The predicted molar refractivity (Wildman–Crippen MR) is 79.9 cm³/mol. The van der Waals surface area contributed by atoms with E-state index in [-0.39, 0.29) is 17.2 Å². The van der Waals surface area contributed by atoms with Gasteiger partial charge in [-0.3, -0.25) is 0 Å². The number of benzene rings is 1. The Bertz CT molecular complexity index is 786. The number of carboxylic acids is 1. The van der Waals surface area contributed by atoms with Crippen LogP contribution in [0.4, 0.5) is 5.95 Å². The average molecular weight is 367 g/mol. The molecule has 2 aromatic rings. The first-order valence-corrected chi connectivity index (χ1v) is 6.98. The zero-order valence-corrected chi connectivity index (χ0v) is 12.9. The number of aromatic nitrogens is 3. The number of methoxy groups -OCH3 is 1. The maximum atomic E-state index is 11.2.